The minimum Gasteiger partial charge on any atom is -0.490 e. The first-order valence-electron chi connectivity index (χ1n) is 7.39. The van der Waals surface area contributed by atoms with Gasteiger partial charge < -0.3 is 15.7 Å². The smallest absolute Gasteiger partial charge is 0.170 e. The normalized spacial score (nSPS) is 23.6. The first kappa shape index (κ1) is 14.7. The van der Waals surface area contributed by atoms with Gasteiger partial charge in [-0.2, -0.15) is 0 Å². The van der Waals surface area contributed by atoms with Gasteiger partial charge in [0, 0.05) is 5.56 Å². The summed E-state index contributed by atoms with van der Waals surface area (Å²) in [5.41, 5.74) is 7.41. The lowest BCUT2D eigenvalue weighted by Gasteiger charge is -2.29. The first-order valence-corrected chi connectivity index (χ1v) is 7.39. The molecule has 0 spiro atoms. The van der Waals surface area contributed by atoms with Crippen LogP contribution in [0.5, 0.6) is 5.75 Å². The van der Waals surface area contributed by atoms with Crippen LogP contribution in [0.2, 0.25) is 0 Å². The average molecular weight is 276 g/mol. The third-order valence-corrected chi connectivity index (χ3v) is 4.20. The van der Waals surface area contributed by atoms with Crippen molar-refractivity contribution in [2.24, 2.45) is 16.8 Å². The number of amidine groups is 1. The zero-order valence-corrected chi connectivity index (χ0v) is 12.3. The molecule has 0 saturated heterocycles. The van der Waals surface area contributed by atoms with Crippen LogP contribution in [0.1, 0.15) is 50.2 Å². The summed E-state index contributed by atoms with van der Waals surface area (Å²) in [4.78, 5) is 0. The standard InChI is InChI=1S/C16H24N2O2/c1-3-12-5-4-6-14(9-12)20-15-10-13(16(17)18-19)8-7-11(15)2/h7-8,10,12,14,19H,3-6,9H2,1-2H3,(H2,17,18). The Hall–Kier alpha value is -1.71. The van der Waals surface area contributed by atoms with Crippen molar-refractivity contribution >= 4 is 5.84 Å². The lowest BCUT2D eigenvalue weighted by Crippen LogP contribution is -2.25. The van der Waals surface area contributed by atoms with Crippen molar-refractivity contribution in [3.05, 3.63) is 29.3 Å². The summed E-state index contributed by atoms with van der Waals surface area (Å²) < 4.78 is 6.16. The van der Waals surface area contributed by atoms with Crippen molar-refractivity contribution in [2.45, 2.75) is 52.1 Å². The summed E-state index contributed by atoms with van der Waals surface area (Å²) in [5.74, 6) is 1.74. The highest BCUT2D eigenvalue weighted by molar-refractivity contribution is 5.97. The average Bonchev–Trinajstić information content (AvgIpc) is 2.49. The van der Waals surface area contributed by atoms with Crippen LogP contribution in [0.15, 0.2) is 23.4 Å². The van der Waals surface area contributed by atoms with E-state index in [1.165, 1.54) is 19.3 Å². The van der Waals surface area contributed by atoms with E-state index in [-0.39, 0.29) is 11.9 Å². The van der Waals surface area contributed by atoms with Gasteiger partial charge in [0.15, 0.2) is 5.84 Å². The predicted octanol–water partition coefficient (Wildman–Crippen LogP) is 3.44. The zero-order chi connectivity index (χ0) is 14.5. The second kappa shape index (κ2) is 6.64. The fourth-order valence-corrected chi connectivity index (χ4v) is 2.84. The molecule has 110 valence electrons. The second-order valence-electron chi connectivity index (χ2n) is 5.65. The molecule has 1 fully saturated rings. The summed E-state index contributed by atoms with van der Waals surface area (Å²) in [7, 11) is 0. The highest BCUT2D eigenvalue weighted by atomic mass is 16.5. The van der Waals surface area contributed by atoms with Crippen LogP contribution < -0.4 is 10.5 Å². The summed E-state index contributed by atoms with van der Waals surface area (Å²) in [6.45, 7) is 4.27. The van der Waals surface area contributed by atoms with Crippen molar-refractivity contribution in [1.82, 2.24) is 0 Å². The maximum atomic E-state index is 8.76. The van der Waals surface area contributed by atoms with E-state index >= 15 is 0 Å². The molecule has 1 aromatic carbocycles. The van der Waals surface area contributed by atoms with E-state index in [4.69, 9.17) is 15.7 Å². The van der Waals surface area contributed by atoms with E-state index in [2.05, 4.69) is 12.1 Å². The van der Waals surface area contributed by atoms with E-state index in [0.717, 1.165) is 30.1 Å². The van der Waals surface area contributed by atoms with Gasteiger partial charge in [-0.05, 0) is 43.7 Å². The van der Waals surface area contributed by atoms with Crippen LogP contribution in [0.25, 0.3) is 0 Å². The summed E-state index contributed by atoms with van der Waals surface area (Å²) in [6, 6.07) is 5.65. The summed E-state index contributed by atoms with van der Waals surface area (Å²) >= 11 is 0. The van der Waals surface area contributed by atoms with Gasteiger partial charge in [-0.25, -0.2) is 0 Å². The molecule has 1 aromatic rings. The van der Waals surface area contributed by atoms with E-state index < -0.39 is 0 Å². The summed E-state index contributed by atoms with van der Waals surface area (Å²) in [6.07, 6.45) is 6.31. The van der Waals surface area contributed by atoms with Crippen molar-refractivity contribution in [1.29, 1.82) is 0 Å². The Labute approximate surface area is 120 Å². The molecule has 2 unspecified atom stereocenters. The number of nitrogens with two attached hydrogens (primary N) is 1. The van der Waals surface area contributed by atoms with Crippen molar-refractivity contribution in [2.75, 3.05) is 0 Å². The Balaban J connectivity index is 2.12. The van der Waals surface area contributed by atoms with Crippen LogP contribution in [0.4, 0.5) is 0 Å². The summed E-state index contributed by atoms with van der Waals surface area (Å²) in [5, 5.41) is 11.8. The molecule has 1 aliphatic rings. The largest absolute Gasteiger partial charge is 0.490 e. The molecule has 1 saturated carbocycles. The first-order chi connectivity index (χ1) is 9.63. The molecular formula is C16H24N2O2. The van der Waals surface area contributed by atoms with E-state index in [9.17, 15) is 0 Å². The zero-order valence-electron chi connectivity index (χ0n) is 12.3. The fraction of sp³-hybridized carbons (Fsp3) is 0.562. The van der Waals surface area contributed by atoms with Crippen molar-refractivity contribution in [3.8, 4) is 5.75 Å². The predicted molar refractivity (Wildman–Crippen MR) is 80.4 cm³/mol. The Bertz CT molecular complexity index is 485. The highest BCUT2D eigenvalue weighted by Gasteiger charge is 2.22. The van der Waals surface area contributed by atoms with Gasteiger partial charge in [0.05, 0.1) is 6.10 Å². The molecule has 0 heterocycles. The molecule has 0 bridgehead atoms. The number of hydrogen-bond donors (Lipinski definition) is 2. The van der Waals surface area contributed by atoms with E-state index in [1.807, 2.05) is 25.1 Å². The second-order valence-corrected chi connectivity index (χ2v) is 5.65. The maximum absolute atomic E-state index is 8.76. The van der Waals surface area contributed by atoms with Crippen molar-refractivity contribution in [3.63, 3.8) is 0 Å². The molecule has 3 N–H and O–H groups in total. The molecule has 4 nitrogen and oxygen atoms in total. The molecule has 2 atom stereocenters. The molecule has 20 heavy (non-hydrogen) atoms. The molecule has 4 heteroatoms. The van der Waals surface area contributed by atoms with Gasteiger partial charge in [0.25, 0.3) is 0 Å². The minimum absolute atomic E-state index is 0.116. The number of rotatable bonds is 4. The van der Waals surface area contributed by atoms with Gasteiger partial charge in [-0.15, -0.1) is 0 Å². The third kappa shape index (κ3) is 3.44. The lowest BCUT2D eigenvalue weighted by atomic mass is 9.85. The number of aryl methyl sites for hydroxylation is 1. The fourth-order valence-electron chi connectivity index (χ4n) is 2.84. The monoisotopic (exact) mass is 276 g/mol. The van der Waals surface area contributed by atoms with Crippen LogP contribution in [0.3, 0.4) is 0 Å². The third-order valence-electron chi connectivity index (χ3n) is 4.20. The number of hydrogen-bond acceptors (Lipinski definition) is 3. The quantitative estimate of drug-likeness (QED) is 0.383. The number of benzene rings is 1. The molecule has 1 aliphatic carbocycles. The van der Waals surface area contributed by atoms with E-state index in [0.29, 0.717) is 5.56 Å². The van der Waals surface area contributed by atoms with Crippen LogP contribution in [-0.4, -0.2) is 17.1 Å². The highest BCUT2D eigenvalue weighted by Crippen LogP contribution is 2.31. The Kier molecular flexibility index (Phi) is 4.88. The minimum atomic E-state index is 0.116. The van der Waals surface area contributed by atoms with Gasteiger partial charge >= 0.3 is 0 Å². The Morgan fingerprint density at radius 3 is 2.95 bits per heavy atom. The van der Waals surface area contributed by atoms with Crippen LogP contribution in [-0.2, 0) is 0 Å². The molecular weight excluding hydrogens is 252 g/mol. The van der Waals surface area contributed by atoms with Crippen LogP contribution in [0, 0.1) is 12.8 Å². The van der Waals surface area contributed by atoms with Gasteiger partial charge in [0.2, 0.25) is 0 Å². The molecule has 0 radical (unpaired) electrons. The molecule has 0 amide bonds. The van der Waals surface area contributed by atoms with Gasteiger partial charge in [-0.3, -0.25) is 0 Å². The van der Waals surface area contributed by atoms with Gasteiger partial charge in [-0.1, -0.05) is 37.1 Å². The number of nitrogens with zero attached hydrogens (tertiary/aromatic N) is 1. The Morgan fingerprint density at radius 2 is 2.25 bits per heavy atom. The SMILES string of the molecule is CCC1CCCC(Oc2cc(/C(N)=N/O)ccc2C)C1. The molecule has 0 aliphatic heterocycles. The molecule has 0 aromatic heterocycles. The lowest BCUT2D eigenvalue weighted by molar-refractivity contribution is 0.121. The molecule has 2 rings (SSSR count). The maximum Gasteiger partial charge on any atom is 0.170 e. The Morgan fingerprint density at radius 1 is 1.45 bits per heavy atom. The van der Waals surface area contributed by atoms with Crippen molar-refractivity contribution < 1.29 is 9.94 Å². The van der Waals surface area contributed by atoms with Gasteiger partial charge in [0.1, 0.15) is 5.75 Å². The van der Waals surface area contributed by atoms with Crippen LogP contribution >= 0.6 is 0 Å². The van der Waals surface area contributed by atoms with E-state index in [1.54, 1.807) is 0 Å². The number of oxime groups is 1. The topological polar surface area (TPSA) is 67.8 Å². The number of ether oxygens (including phenoxy) is 1.